The lowest BCUT2D eigenvalue weighted by Crippen LogP contribution is -2.46. The number of nitrogens with one attached hydrogen (secondary N) is 3. The van der Waals surface area contributed by atoms with Gasteiger partial charge in [0.1, 0.15) is 42.7 Å². The number of benzene rings is 1. The summed E-state index contributed by atoms with van der Waals surface area (Å²) >= 11 is 0. The van der Waals surface area contributed by atoms with E-state index in [1.165, 1.54) is 0 Å². The number of aliphatic carboxylic acids is 3. The number of carbonyl (C=O) groups is 4. The number of phosphoric ester groups is 1. The number of carboxylic acid groups (broad SMARTS) is 3. The van der Waals surface area contributed by atoms with Crippen LogP contribution < -0.4 is 21.9 Å². The predicted octanol–water partition coefficient (Wildman–Crippen LogP) is -2.33. The van der Waals surface area contributed by atoms with Crippen molar-refractivity contribution >= 4 is 54.4 Å². The lowest BCUT2D eigenvalue weighted by molar-refractivity contribution is -0.192. The standard InChI is InChI=1S/C35H48N7O19P/c1-14(25-15(2)38-30-26(40-25)32(53)42-35(36)41-30)37-17-5-3-16(4-6-17)11-19(43)27(49)20(44)12-58-34-29(51)28(50)22(60-34)13-59-62(56,57)61-21(8-10-24(47)48)31(52)39-18(33(54)55)7-9-23(45)46/h3-6,14,18-22,27-29,34,37,43-44,49-51H,7-13H2,1-2H3,(H,39,52)(H,45,46)(H,47,48)(H,54,55)(H,56,57)(H3,36,38,41,42,53)/t14?,18?,19?,20?,21?,22-,27?,28-,29-,34+/m1/s1. The van der Waals surface area contributed by atoms with Gasteiger partial charge in [-0.15, -0.1) is 0 Å². The first-order valence-corrected chi connectivity index (χ1v) is 20.2. The summed E-state index contributed by atoms with van der Waals surface area (Å²) in [5, 5.41) is 85.0. The second-order valence-corrected chi connectivity index (χ2v) is 15.6. The fourth-order valence-electron chi connectivity index (χ4n) is 6.07. The van der Waals surface area contributed by atoms with E-state index in [1.54, 1.807) is 38.1 Å². The first-order chi connectivity index (χ1) is 29.0. The number of anilines is 2. The zero-order valence-corrected chi connectivity index (χ0v) is 33.9. The average Bonchev–Trinajstić information content (AvgIpc) is 3.46. The number of fused-ring (bicyclic) bond motifs is 1. The number of amides is 1. The van der Waals surface area contributed by atoms with E-state index in [1.807, 2.05) is 5.32 Å². The molecule has 342 valence electrons. The van der Waals surface area contributed by atoms with E-state index in [4.69, 9.17) is 34.5 Å². The highest BCUT2D eigenvalue weighted by molar-refractivity contribution is 7.47. The van der Waals surface area contributed by atoms with Gasteiger partial charge in [0.15, 0.2) is 17.5 Å². The van der Waals surface area contributed by atoms with Crippen LogP contribution in [-0.2, 0) is 48.7 Å². The van der Waals surface area contributed by atoms with Gasteiger partial charge >= 0.3 is 25.7 Å². The molecule has 62 heavy (non-hydrogen) atoms. The van der Waals surface area contributed by atoms with Crippen molar-refractivity contribution in [2.24, 2.45) is 0 Å². The SMILES string of the molecule is Cc1nc2nc(N)[nH]c(=O)c2nc1C(C)Nc1ccc(CC(O)C(O)C(O)CO[C@H]2O[C@H](COP(=O)(O)OC(CCC(=O)O)C(=O)NC(CCC(=O)O)C(=O)O)[C@@H](O)[C@H]2O)cc1. The third kappa shape index (κ3) is 13.9. The van der Waals surface area contributed by atoms with Crippen molar-refractivity contribution < 1.29 is 88.0 Å². The summed E-state index contributed by atoms with van der Waals surface area (Å²) in [5.41, 5.74) is 7.38. The molecule has 1 amide bonds. The van der Waals surface area contributed by atoms with Crippen LogP contribution in [0.25, 0.3) is 11.2 Å². The highest BCUT2D eigenvalue weighted by Crippen LogP contribution is 2.46. The Kier molecular flexibility index (Phi) is 17.3. The van der Waals surface area contributed by atoms with Crippen LogP contribution in [0.15, 0.2) is 29.1 Å². The van der Waals surface area contributed by atoms with E-state index < -0.39 is 137 Å². The number of phosphoric acid groups is 1. The van der Waals surface area contributed by atoms with Gasteiger partial charge in [0.25, 0.3) is 11.5 Å². The summed E-state index contributed by atoms with van der Waals surface area (Å²) in [5.74, 6) is -5.96. The Hall–Kier alpha value is -5.25. The number of H-pyrrole nitrogens is 1. The van der Waals surface area contributed by atoms with Gasteiger partial charge in [0, 0.05) is 24.9 Å². The van der Waals surface area contributed by atoms with Crippen molar-refractivity contribution in [1.29, 1.82) is 0 Å². The molecule has 27 heteroatoms. The van der Waals surface area contributed by atoms with Gasteiger partial charge in [-0.05, 0) is 44.4 Å². The Labute approximate surface area is 350 Å². The monoisotopic (exact) mass is 901 g/mol. The molecule has 2 aromatic heterocycles. The number of hydrogen-bond donors (Lipinski definition) is 13. The maximum Gasteiger partial charge on any atom is 0.473 e. The van der Waals surface area contributed by atoms with Crippen LogP contribution >= 0.6 is 7.82 Å². The number of rotatable bonds is 24. The Balaban J connectivity index is 1.26. The molecule has 3 heterocycles. The number of nitrogen functional groups attached to an aromatic ring is 1. The van der Waals surface area contributed by atoms with Gasteiger partial charge in [0.2, 0.25) is 5.95 Å². The van der Waals surface area contributed by atoms with Crippen LogP contribution in [0, 0.1) is 6.92 Å². The van der Waals surface area contributed by atoms with Crippen LogP contribution in [0.2, 0.25) is 0 Å². The van der Waals surface area contributed by atoms with Crippen molar-refractivity contribution in [3.05, 3.63) is 51.6 Å². The number of aliphatic hydroxyl groups excluding tert-OH is 5. The van der Waals surface area contributed by atoms with Crippen LogP contribution in [0.4, 0.5) is 11.6 Å². The van der Waals surface area contributed by atoms with E-state index in [0.29, 0.717) is 22.6 Å². The number of aromatic nitrogens is 4. The molecule has 0 aliphatic carbocycles. The number of ether oxygens (including phenoxy) is 2. The molecule has 11 atom stereocenters. The number of carboxylic acids is 3. The van der Waals surface area contributed by atoms with E-state index in [-0.39, 0.29) is 23.5 Å². The van der Waals surface area contributed by atoms with E-state index in [0.717, 1.165) is 0 Å². The topological polar surface area (TPSA) is 426 Å². The first kappa shape index (κ1) is 49.4. The number of hydrogen-bond acceptors (Lipinski definition) is 20. The molecular formula is C35H48N7O19P. The Bertz CT molecular complexity index is 2160. The molecule has 1 fully saturated rings. The van der Waals surface area contributed by atoms with Crippen LogP contribution in [0.1, 0.15) is 55.6 Å². The molecule has 0 spiro atoms. The second kappa shape index (κ2) is 21.7. The zero-order valence-electron chi connectivity index (χ0n) is 33.0. The highest BCUT2D eigenvalue weighted by Gasteiger charge is 2.45. The van der Waals surface area contributed by atoms with Crippen molar-refractivity contribution in [3.8, 4) is 0 Å². The minimum Gasteiger partial charge on any atom is -0.481 e. The summed E-state index contributed by atoms with van der Waals surface area (Å²) < 4.78 is 33.0. The summed E-state index contributed by atoms with van der Waals surface area (Å²) in [6.07, 6.45) is -17.1. The third-order valence-electron chi connectivity index (χ3n) is 9.34. The normalized spacial score (nSPS) is 21.5. The fourth-order valence-corrected chi connectivity index (χ4v) is 6.99. The van der Waals surface area contributed by atoms with Crippen LogP contribution in [0.5, 0.6) is 0 Å². The van der Waals surface area contributed by atoms with E-state index in [9.17, 15) is 64.1 Å². The minimum atomic E-state index is -5.33. The summed E-state index contributed by atoms with van der Waals surface area (Å²) in [4.78, 5) is 83.9. The van der Waals surface area contributed by atoms with Crippen molar-refractivity contribution in [2.45, 2.75) is 107 Å². The van der Waals surface area contributed by atoms with Gasteiger partial charge in [0.05, 0.1) is 36.7 Å². The quantitative estimate of drug-likeness (QED) is 0.0419. The average molecular weight is 902 g/mol. The number of aryl methyl sites for hydroxylation is 1. The molecule has 0 saturated carbocycles. The fraction of sp³-hybridized carbons (Fsp3) is 0.543. The van der Waals surface area contributed by atoms with Gasteiger partial charge < -0.3 is 71.6 Å². The second-order valence-electron chi connectivity index (χ2n) is 14.2. The summed E-state index contributed by atoms with van der Waals surface area (Å²) in [6.45, 7) is 1.76. The molecule has 1 aliphatic heterocycles. The Morgan fingerprint density at radius 1 is 0.968 bits per heavy atom. The zero-order chi connectivity index (χ0) is 46.1. The molecule has 1 aromatic carbocycles. The molecule has 4 rings (SSSR count). The van der Waals surface area contributed by atoms with Crippen molar-refractivity contribution in [3.63, 3.8) is 0 Å². The molecular weight excluding hydrogens is 853 g/mol. The molecule has 3 aromatic rings. The van der Waals surface area contributed by atoms with Gasteiger partial charge in [-0.25, -0.2) is 19.3 Å². The van der Waals surface area contributed by atoms with E-state index in [2.05, 4.69) is 25.3 Å². The molecule has 1 aliphatic rings. The smallest absolute Gasteiger partial charge is 0.473 e. The number of carbonyl (C=O) groups excluding carboxylic acids is 1. The van der Waals surface area contributed by atoms with Crippen LogP contribution in [-0.4, -0.2) is 158 Å². The molecule has 0 radical (unpaired) electrons. The number of nitrogens with zero attached hydrogens (tertiary/aromatic N) is 3. The molecule has 0 bridgehead atoms. The predicted molar refractivity (Wildman–Crippen MR) is 208 cm³/mol. The summed E-state index contributed by atoms with van der Waals surface area (Å²) in [6, 6.07) is 4.48. The highest BCUT2D eigenvalue weighted by atomic mass is 31.2. The van der Waals surface area contributed by atoms with Crippen LogP contribution in [0.3, 0.4) is 0 Å². The molecule has 1 saturated heterocycles. The van der Waals surface area contributed by atoms with Gasteiger partial charge in [-0.2, -0.15) is 4.98 Å². The van der Waals surface area contributed by atoms with Crippen molar-refractivity contribution in [1.82, 2.24) is 25.3 Å². The van der Waals surface area contributed by atoms with Gasteiger partial charge in [-0.3, -0.25) is 33.2 Å². The Morgan fingerprint density at radius 3 is 2.24 bits per heavy atom. The van der Waals surface area contributed by atoms with Gasteiger partial charge in [-0.1, -0.05) is 12.1 Å². The summed E-state index contributed by atoms with van der Waals surface area (Å²) in [7, 11) is -5.33. The number of aromatic amines is 1. The molecule has 14 N–H and O–H groups in total. The first-order valence-electron chi connectivity index (χ1n) is 18.7. The molecule has 26 nitrogen and oxygen atoms in total. The van der Waals surface area contributed by atoms with Crippen molar-refractivity contribution in [2.75, 3.05) is 24.3 Å². The lowest BCUT2D eigenvalue weighted by Gasteiger charge is -2.25. The number of nitrogens with two attached hydrogens (primary N) is 1. The lowest BCUT2D eigenvalue weighted by atomic mass is 10.0. The van der Waals surface area contributed by atoms with E-state index >= 15 is 0 Å². The third-order valence-corrected chi connectivity index (χ3v) is 10.3. The molecule has 7 unspecified atom stereocenters. The largest absolute Gasteiger partial charge is 0.481 e. The number of aliphatic hydroxyl groups is 5. The minimum absolute atomic E-state index is 0.0217. The maximum atomic E-state index is 12.7. The maximum absolute atomic E-state index is 12.7. The Morgan fingerprint density at radius 2 is 1.61 bits per heavy atom.